The van der Waals surface area contributed by atoms with Gasteiger partial charge in [0, 0.05) is 44.8 Å². The summed E-state index contributed by atoms with van der Waals surface area (Å²) >= 11 is 14.3. The second-order valence-corrected chi connectivity index (χ2v) is 12.5. The largest absolute Gasteiger partial charge is 0.496 e. The Bertz CT molecular complexity index is 2140. The van der Waals surface area contributed by atoms with Gasteiger partial charge in [-0.15, -0.1) is 0 Å². The molecule has 2 aromatic heterocycles. The van der Waals surface area contributed by atoms with E-state index in [1.54, 1.807) is 36.8 Å². The summed E-state index contributed by atoms with van der Waals surface area (Å²) in [5, 5.41) is 2.15. The number of fused-ring (bicyclic) bond motifs is 2. The Kier molecular flexibility index (Phi) is 8.99. The van der Waals surface area contributed by atoms with Gasteiger partial charge in [-0.25, -0.2) is 9.79 Å². The van der Waals surface area contributed by atoms with E-state index >= 15 is 0 Å². The second-order valence-electron chi connectivity index (χ2n) is 10.6. The third-order valence-corrected chi connectivity index (χ3v) is 9.37. The molecule has 0 spiro atoms. The second kappa shape index (κ2) is 13.1. The number of thiazole rings is 1. The van der Waals surface area contributed by atoms with Crippen molar-refractivity contribution < 1.29 is 14.3 Å². The van der Waals surface area contributed by atoms with Crippen molar-refractivity contribution in [3.63, 3.8) is 0 Å². The van der Waals surface area contributed by atoms with Crippen molar-refractivity contribution in [3.8, 4) is 5.75 Å². The van der Waals surface area contributed by atoms with Gasteiger partial charge in [-0.1, -0.05) is 84.3 Å². The van der Waals surface area contributed by atoms with Gasteiger partial charge in [-0.05, 0) is 55.3 Å². The topological polar surface area (TPSA) is 74.8 Å². The third-order valence-electron chi connectivity index (χ3n) is 7.78. The van der Waals surface area contributed by atoms with Crippen molar-refractivity contribution in [1.82, 2.24) is 9.13 Å². The van der Waals surface area contributed by atoms with Crippen LogP contribution in [0.1, 0.15) is 49.4 Å². The minimum atomic E-state index is -0.834. The van der Waals surface area contributed by atoms with Crippen molar-refractivity contribution in [2.24, 2.45) is 4.99 Å². The molecule has 0 unspecified atom stereocenters. The number of allylic oxidation sites excluding steroid dienone is 1. The summed E-state index contributed by atoms with van der Waals surface area (Å²) in [5.74, 6) is -0.0187. The van der Waals surface area contributed by atoms with Gasteiger partial charge in [0.25, 0.3) is 5.56 Å². The maximum atomic E-state index is 14.4. The van der Waals surface area contributed by atoms with Gasteiger partial charge in [-0.3, -0.25) is 9.36 Å². The standard InChI is InChI=1S/C35H31Cl2N3O4S/c1-4-10-27-31(34(42)44-5-2)32(25-18-23(36)15-16-29(25)43-3)40-33(41)30(45-35(40)38-27)17-22-20-39(28-14-9-7-12-24(22)28)19-21-11-6-8-13-26(21)37/h6-9,11-18,20,32H,4-5,10,19H2,1-3H3/b30-17+/t32-/m1/s1. The van der Waals surface area contributed by atoms with E-state index in [1.165, 1.54) is 11.3 Å². The van der Waals surface area contributed by atoms with Gasteiger partial charge in [-0.2, -0.15) is 0 Å². The van der Waals surface area contributed by atoms with Crippen LogP contribution < -0.4 is 19.6 Å². The minimum absolute atomic E-state index is 0.184. The number of halogens is 2. The number of carbonyl (C=O) groups excluding carboxylic acids is 1. The maximum Gasteiger partial charge on any atom is 0.338 e. The van der Waals surface area contributed by atoms with Crippen molar-refractivity contribution in [1.29, 1.82) is 0 Å². The number of para-hydroxylation sites is 1. The molecule has 0 amide bonds. The zero-order chi connectivity index (χ0) is 31.7. The molecule has 5 aromatic rings. The molecule has 1 aliphatic rings. The molecule has 6 rings (SSSR count). The fourth-order valence-electron chi connectivity index (χ4n) is 5.81. The number of nitrogens with zero attached hydrogens (tertiary/aromatic N) is 3. The Morgan fingerprint density at radius 2 is 1.84 bits per heavy atom. The Balaban J connectivity index is 1.58. The molecule has 0 bridgehead atoms. The molecule has 45 heavy (non-hydrogen) atoms. The van der Waals surface area contributed by atoms with Gasteiger partial charge in [0.2, 0.25) is 0 Å². The quantitative estimate of drug-likeness (QED) is 0.161. The first kappa shape index (κ1) is 30.9. The summed E-state index contributed by atoms with van der Waals surface area (Å²) in [5.41, 5.74) is 4.12. The molecule has 3 aromatic carbocycles. The molecule has 7 nitrogen and oxygen atoms in total. The molecule has 0 saturated heterocycles. The maximum absolute atomic E-state index is 14.4. The number of benzene rings is 3. The van der Waals surface area contributed by atoms with Crippen molar-refractivity contribution in [2.45, 2.75) is 39.3 Å². The van der Waals surface area contributed by atoms with Crippen LogP contribution >= 0.6 is 34.5 Å². The van der Waals surface area contributed by atoms with Gasteiger partial charge >= 0.3 is 5.97 Å². The zero-order valence-corrected chi connectivity index (χ0v) is 27.4. The molecule has 1 atom stereocenters. The van der Waals surface area contributed by atoms with Crippen molar-refractivity contribution in [3.05, 3.63) is 131 Å². The lowest BCUT2D eigenvalue weighted by molar-refractivity contribution is -0.139. The normalized spacial score (nSPS) is 14.9. The lowest BCUT2D eigenvalue weighted by Gasteiger charge is -2.27. The molecule has 1 aliphatic heterocycles. The van der Waals surface area contributed by atoms with Crippen LogP contribution in [-0.2, 0) is 16.1 Å². The van der Waals surface area contributed by atoms with Crippen LogP contribution in [0.25, 0.3) is 17.0 Å². The number of methoxy groups -OCH3 is 1. The van der Waals surface area contributed by atoms with Crippen LogP contribution in [0.5, 0.6) is 5.75 Å². The zero-order valence-electron chi connectivity index (χ0n) is 25.1. The Morgan fingerprint density at radius 3 is 2.60 bits per heavy atom. The number of hydrogen-bond acceptors (Lipinski definition) is 6. The number of esters is 1. The third kappa shape index (κ3) is 5.86. The van der Waals surface area contributed by atoms with Gasteiger partial charge in [0.05, 0.1) is 29.5 Å². The van der Waals surface area contributed by atoms with Crippen molar-refractivity contribution >= 4 is 57.5 Å². The average molecular weight is 661 g/mol. The fourth-order valence-corrected chi connectivity index (χ4v) is 7.19. The van der Waals surface area contributed by atoms with E-state index in [-0.39, 0.29) is 12.2 Å². The van der Waals surface area contributed by atoms with Gasteiger partial charge in [0.15, 0.2) is 4.80 Å². The summed E-state index contributed by atoms with van der Waals surface area (Å²) in [7, 11) is 1.55. The van der Waals surface area contributed by atoms with Crippen molar-refractivity contribution in [2.75, 3.05) is 13.7 Å². The SMILES string of the molecule is CCCC1=C(C(=O)OCC)[C@@H](c2cc(Cl)ccc2OC)n2c(s/c(=C/c3cn(Cc4ccccc4Cl)c4ccccc34)c2=O)=N1. The minimum Gasteiger partial charge on any atom is -0.496 e. The Hall–Kier alpha value is -4.11. The van der Waals surface area contributed by atoms with E-state index in [2.05, 4.69) is 10.6 Å². The first-order valence-electron chi connectivity index (χ1n) is 14.7. The van der Waals surface area contributed by atoms with E-state index in [4.69, 9.17) is 37.7 Å². The van der Waals surface area contributed by atoms with E-state index < -0.39 is 12.0 Å². The van der Waals surface area contributed by atoms with Gasteiger partial charge < -0.3 is 14.0 Å². The summed E-state index contributed by atoms with van der Waals surface area (Å²) in [6.07, 6.45) is 5.22. The average Bonchev–Trinajstić information content (AvgIpc) is 3.54. The number of ether oxygens (including phenoxy) is 2. The molecule has 0 fully saturated rings. The lowest BCUT2D eigenvalue weighted by Crippen LogP contribution is -2.40. The summed E-state index contributed by atoms with van der Waals surface area (Å²) in [6.45, 7) is 4.54. The highest BCUT2D eigenvalue weighted by Gasteiger charge is 2.36. The van der Waals surface area contributed by atoms with Crippen LogP contribution in [0, 0.1) is 0 Å². The Labute approximate surface area is 274 Å². The molecular weight excluding hydrogens is 629 g/mol. The highest BCUT2D eigenvalue weighted by Crippen LogP contribution is 2.38. The molecule has 0 N–H and O–H groups in total. The van der Waals surface area contributed by atoms with Gasteiger partial charge in [0.1, 0.15) is 11.8 Å². The smallest absolute Gasteiger partial charge is 0.338 e. The monoisotopic (exact) mass is 659 g/mol. The summed E-state index contributed by atoms with van der Waals surface area (Å²) < 4.78 is 15.4. The number of rotatable bonds is 9. The van der Waals surface area contributed by atoms with Crippen LogP contribution in [0.2, 0.25) is 10.0 Å². The highest BCUT2D eigenvalue weighted by molar-refractivity contribution is 7.07. The van der Waals surface area contributed by atoms with Crippen LogP contribution in [-0.4, -0.2) is 28.8 Å². The molecule has 0 aliphatic carbocycles. The van der Waals surface area contributed by atoms with Crippen LogP contribution in [0.3, 0.4) is 0 Å². The molecule has 0 radical (unpaired) electrons. The molecule has 3 heterocycles. The van der Waals surface area contributed by atoms with E-state index in [9.17, 15) is 9.59 Å². The van der Waals surface area contributed by atoms with E-state index in [0.29, 0.717) is 54.9 Å². The van der Waals surface area contributed by atoms with Crippen LogP contribution in [0.4, 0.5) is 0 Å². The van der Waals surface area contributed by atoms with Crippen LogP contribution in [0.15, 0.2) is 94.0 Å². The lowest BCUT2D eigenvalue weighted by atomic mass is 9.93. The number of carbonyl (C=O) groups is 1. The predicted molar refractivity (Wildman–Crippen MR) is 180 cm³/mol. The first-order valence-corrected chi connectivity index (χ1v) is 16.3. The van der Waals surface area contributed by atoms with E-state index in [1.807, 2.05) is 61.7 Å². The first-order chi connectivity index (χ1) is 21.8. The molecule has 10 heteroatoms. The number of hydrogen-bond donors (Lipinski definition) is 0. The molecule has 0 saturated carbocycles. The number of aromatic nitrogens is 2. The predicted octanol–water partition coefficient (Wildman–Crippen LogP) is 6.90. The molecular formula is C35H31Cl2N3O4S. The molecule has 230 valence electrons. The summed E-state index contributed by atoms with van der Waals surface area (Å²) in [6, 6.07) is 20.2. The Morgan fingerprint density at radius 1 is 1.07 bits per heavy atom. The summed E-state index contributed by atoms with van der Waals surface area (Å²) in [4.78, 5) is 33.3. The fraction of sp³-hybridized carbons (Fsp3) is 0.229. The van der Waals surface area contributed by atoms with E-state index in [0.717, 1.165) is 28.5 Å². The highest BCUT2D eigenvalue weighted by atomic mass is 35.5.